The third-order valence-electron chi connectivity index (χ3n) is 7.11. The molecule has 5 rings (SSSR count). The van der Waals surface area contributed by atoms with Gasteiger partial charge in [0.25, 0.3) is 15.9 Å². The summed E-state index contributed by atoms with van der Waals surface area (Å²) in [4.78, 5) is 15.6. The molecule has 0 N–H and O–H groups in total. The van der Waals surface area contributed by atoms with Crippen molar-refractivity contribution in [2.45, 2.75) is 62.9 Å². The fraction of sp³-hybridized carbons (Fsp3) is 0.423. The molecular weight excluding hydrogens is 462 g/mol. The molecule has 3 aromatic rings. The van der Waals surface area contributed by atoms with Crippen molar-refractivity contribution < 1.29 is 13.2 Å². The summed E-state index contributed by atoms with van der Waals surface area (Å²) in [5.74, 6) is 1.86. The van der Waals surface area contributed by atoms with Crippen LogP contribution in [-0.2, 0) is 23.0 Å². The normalized spacial score (nSPS) is 18.2. The molecule has 3 heterocycles. The Balaban J connectivity index is 1.35. The van der Waals surface area contributed by atoms with Gasteiger partial charge >= 0.3 is 0 Å². The Morgan fingerprint density at radius 1 is 0.943 bits per heavy atom. The first-order valence-electron chi connectivity index (χ1n) is 12.2. The second-order valence-electron chi connectivity index (χ2n) is 9.43. The number of aromatic nitrogens is 3. The third kappa shape index (κ3) is 4.45. The van der Waals surface area contributed by atoms with E-state index < -0.39 is 10.0 Å². The van der Waals surface area contributed by atoms with E-state index in [9.17, 15) is 13.2 Å². The summed E-state index contributed by atoms with van der Waals surface area (Å²) in [7, 11) is -2.16. The molecule has 1 fully saturated rings. The monoisotopic (exact) mass is 493 g/mol. The van der Waals surface area contributed by atoms with Crippen LogP contribution in [0.15, 0.2) is 53.4 Å². The molecule has 1 unspecified atom stereocenters. The second kappa shape index (κ2) is 9.45. The van der Waals surface area contributed by atoms with E-state index in [-0.39, 0.29) is 16.8 Å². The van der Waals surface area contributed by atoms with E-state index in [1.54, 1.807) is 48.5 Å². The number of carbonyl (C=O) groups is 1. The Morgan fingerprint density at radius 3 is 2.43 bits per heavy atom. The molecule has 9 heteroatoms. The number of benzene rings is 2. The van der Waals surface area contributed by atoms with Gasteiger partial charge in [0.15, 0.2) is 5.82 Å². The minimum Gasteiger partial charge on any atom is -0.328 e. The zero-order valence-electron chi connectivity index (χ0n) is 20.2. The maximum Gasteiger partial charge on any atom is 0.264 e. The predicted molar refractivity (Wildman–Crippen MR) is 134 cm³/mol. The van der Waals surface area contributed by atoms with Crippen LogP contribution in [0.2, 0.25) is 0 Å². The number of anilines is 1. The van der Waals surface area contributed by atoms with Crippen molar-refractivity contribution in [3.8, 4) is 0 Å². The van der Waals surface area contributed by atoms with Crippen LogP contribution in [0.25, 0.3) is 0 Å². The summed E-state index contributed by atoms with van der Waals surface area (Å²) < 4.78 is 29.5. The Hall–Kier alpha value is -3.20. The number of hydrogen-bond donors (Lipinski definition) is 0. The Kier molecular flexibility index (Phi) is 6.35. The molecule has 0 spiro atoms. The lowest BCUT2D eigenvalue weighted by Gasteiger charge is -2.25. The summed E-state index contributed by atoms with van der Waals surface area (Å²) in [6, 6.07) is 13.5. The van der Waals surface area contributed by atoms with E-state index in [0.717, 1.165) is 55.9 Å². The van der Waals surface area contributed by atoms with Crippen LogP contribution in [-0.4, -0.2) is 47.6 Å². The van der Waals surface area contributed by atoms with Crippen LogP contribution in [0.4, 0.5) is 5.69 Å². The number of hydrogen-bond acceptors (Lipinski definition) is 5. The fourth-order valence-electron chi connectivity index (χ4n) is 5.02. The largest absolute Gasteiger partial charge is 0.328 e. The molecule has 35 heavy (non-hydrogen) atoms. The zero-order chi connectivity index (χ0) is 24.6. The highest BCUT2D eigenvalue weighted by molar-refractivity contribution is 7.92. The standard InChI is InChI=1S/C26H31N5O3S/c1-19-9-15-22(16-10-19)35(33,34)29(2)21-13-11-20(12-14-21)26(32)30-18-6-7-23(30)25-28-27-24-8-4-3-5-17-31(24)25/h9-16,23H,3-8,17-18H2,1-2H3. The van der Waals surface area contributed by atoms with Crippen molar-refractivity contribution in [2.75, 3.05) is 17.9 Å². The number of nitrogens with zero attached hydrogens (tertiary/aromatic N) is 5. The third-order valence-corrected chi connectivity index (χ3v) is 8.91. The SMILES string of the molecule is Cc1ccc(S(=O)(=O)N(C)c2ccc(C(=O)N3CCCC3c3nnc4n3CCCCC4)cc2)cc1. The van der Waals surface area contributed by atoms with E-state index in [1.807, 2.05) is 11.8 Å². The van der Waals surface area contributed by atoms with Crippen LogP contribution in [0.1, 0.15) is 65.7 Å². The lowest BCUT2D eigenvalue weighted by Crippen LogP contribution is -2.32. The van der Waals surface area contributed by atoms with Gasteiger partial charge in [0.2, 0.25) is 0 Å². The van der Waals surface area contributed by atoms with E-state index in [4.69, 9.17) is 0 Å². The molecule has 1 atom stereocenters. The average Bonchev–Trinajstić information content (AvgIpc) is 3.44. The molecule has 0 bridgehead atoms. The highest BCUT2D eigenvalue weighted by Crippen LogP contribution is 2.34. The van der Waals surface area contributed by atoms with Crippen molar-refractivity contribution in [3.63, 3.8) is 0 Å². The first-order valence-corrected chi connectivity index (χ1v) is 13.7. The van der Waals surface area contributed by atoms with E-state index >= 15 is 0 Å². The van der Waals surface area contributed by atoms with Gasteiger partial charge in [-0.1, -0.05) is 24.1 Å². The number of amides is 1. The maximum atomic E-state index is 13.5. The molecule has 8 nitrogen and oxygen atoms in total. The van der Waals surface area contributed by atoms with E-state index in [1.165, 1.54) is 17.8 Å². The van der Waals surface area contributed by atoms with Gasteiger partial charge in [-0.15, -0.1) is 10.2 Å². The highest BCUT2D eigenvalue weighted by Gasteiger charge is 2.35. The minimum absolute atomic E-state index is 0.0610. The number of rotatable bonds is 5. The lowest BCUT2D eigenvalue weighted by molar-refractivity contribution is 0.0727. The number of sulfonamides is 1. The van der Waals surface area contributed by atoms with Crippen LogP contribution in [0.3, 0.4) is 0 Å². The quantitative estimate of drug-likeness (QED) is 0.534. The first kappa shape index (κ1) is 23.5. The smallest absolute Gasteiger partial charge is 0.264 e. The molecule has 2 aromatic carbocycles. The molecule has 0 radical (unpaired) electrons. The van der Waals surface area contributed by atoms with Crippen LogP contribution in [0, 0.1) is 6.92 Å². The van der Waals surface area contributed by atoms with Crippen LogP contribution >= 0.6 is 0 Å². The van der Waals surface area contributed by atoms with Crippen LogP contribution in [0.5, 0.6) is 0 Å². The molecule has 1 amide bonds. The van der Waals surface area contributed by atoms with Crippen molar-refractivity contribution >= 4 is 21.6 Å². The molecule has 184 valence electrons. The van der Waals surface area contributed by atoms with Gasteiger partial charge in [-0.3, -0.25) is 9.10 Å². The highest BCUT2D eigenvalue weighted by atomic mass is 32.2. The van der Waals surface area contributed by atoms with Gasteiger partial charge in [0.1, 0.15) is 5.82 Å². The lowest BCUT2D eigenvalue weighted by atomic mass is 10.1. The summed E-state index contributed by atoms with van der Waals surface area (Å²) in [6.07, 6.45) is 6.17. The number of aryl methyl sites for hydroxylation is 2. The van der Waals surface area contributed by atoms with E-state index in [2.05, 4.69) is 14.8 Å². The summed E-state index contributed by atoms with van der Waals surface area (Å²) in [5, 5.41) is 8.92. The topological polar surface area (TPSA) is 88.4 Å². The fourth-order valence-corrected chi connectivity index (χ4v) is 6.21. The molecule has 2 aliphatic heterocycles. The number of likely N-dealkylation sites (tertiary alicyclic amines) is 1. The molecule has 2 aliphatic rings. The second-order valence-corrected chi connectivity index (χ2v) is 11.4. The van der Waals surface area contributed by atoms with Crippen molar-refractivity contribution in [2.24, 2.45) is 0 Å². The summed E-state index contributed by atoms with van der Waals surface area (Å²) in [6.45, 7) is 3.50. The van der Waals surface area contributed by atoms with Gasteiger partial charge in [0.05, 0.1) is 16.6 Å². The van der Waals surface area contributed by atoms with Crippen molar-refractivity contribution in [1.29, 1.82) is 0 Å². The molecule has 0 saturated carbocycles. The summed E-state index contributed by atoms with van der Waals surface area (Å²) >= 11 is 0. The van der Waals surface area contributed by atoms with Gasteiger partial charge in [-0.2, -0.15) is 0 Å². The van der Waals surface area contributed by atoms with E-state index in [0.29, 0.717) is 17.8 Å². The Labute approximate surface area is 206 Å². The average molecular weight is 494 g/mol. The van der Waals surface area contributed by atoms with Gasteiger partial charge in [-0.25, -0.2) is 8.42 Å². The van der Waals surface area contributed by atoms with Crippen molar-refractivity contribution in [3.05, 3.63) is 71.3 Å². The molecule has 1 saturated heterocycles. The minimum atomic E-state index is -3.69. The number of fused-ring (bicyclic) bond motifs is 1. The zero-order valence-corrected chi connectivity index (χ0v) is 21.0. The Bertz CT molecular complexity index is 1320. The van der Waals surface area contributed by atoms with Gasteiger partial charge in [-0.05, 0) is 69.0 Å². The summed E-state index contributed by atoms with van der Waals surface area (Å²) in [5.41, 5.74) is 2.04. The predicted octanol–water partition coefficient (Wildman–Crippen LogP) is 4.12. The van der Waals surface area contributed by atoms with Gasteiger partial charge < -0.3 is 9.47 Å². The molecule has 1 aromatic heterocycles. The van der Waals surface area contributed by atoms with Gasteiger partial charge in [0, 0.05) is 32.1 Å². The maximum absolute atomic E-state index is 13.5. The van der Waals surface area contributed by atoms with Crippen molar-refractivity contribution in [1.82, 2.24) is 19.7 Å². The molecule has 0 aliphatic carbocycles. The molecular formula is C26H31N5O3S. The van der Waals surface area contributed by atoms with Crippen LogP contribution < -0.4 is 4.31 Å². The number of carbonyl (C=O) groups excluding carboxylic acids is 1. The Morgan fingerprint density at radius 2 is 1.69 bits per heavy atom. The first-order chi connectivity index (χ1) is 16.9.